The average molecular weight is 276 g/mol. The van der Waals surface area contributed by atoms with Gasteiger partial charge in [0.25, 0.3) is 0 Å². The Kier molecular flexibility index (Phi) is 4.78. The van der Waals surface area contributed by atoms with E-state index in [9.17, 15) is 4.79 Å². The molecule has 4 heteroatoms. The molecule has 0 aliphatic carbocycles. The molecule has 3 unspecified atom stereocenters. The molecule has 20 heavy (non-hydrogen) atoms. The number of amides is 1. The number of nitrogens with one attached hydrogen (secondary N) is 1. The summed E-state index contributed by atoms with van der Waals surface area (Å²) in [6, 6.07) is 8.38. The van der Waals surface area contributed by atoms with E-state index in [2.05, 4.69) is 36.5 Å². The predicted octanol–water partition coefficient (Wildman–Crippen LogP) is 2.10. The van der Waals surface area contributed by atoms with E-state index in [0.29, 0.717) is 6.61 Å². The Balaban J connectivity index is 2.24. The topological polar surface area (TPSA) is 41.6 Å². The van der Waals surface area contributed by atoms with Crippen molar-refractivity contribution in [2.75, 3.05) is 13.7 Å². The van der Waals surface area contributed by atoms with Crippen LogP contribution in [-0.2, 0) is 16.0 Å². The molecule has 3 atom stereocenters. The van der Waals surface area contributed by atoms with Crippen LogP contribution in [0.4, 0.5) is 0 Å². The Bertz CT molecular complexity index is 458. The number of hydrogen-bond donors (Lipinski definition) is 1. The van der Waals surface area contributed by atoms with Crippen molar-refractivity contribution >= 4 is 5.91 Å². The number of rotatable bonds is 5. The number of hydrogen-bond acceptors (Lipinski definition) is 3. The van der Waals surface area contributed by atoms with Gasteiger partial charge in [0.1, 0.15) is 6.17 Å². The van der Waals surface area contributed by atoms with Crippen molar-refractivity contribution in [3.05, 3.63) is 35.4 Å². The lowest BCUT2D eigenvalue weighted by molar-refractivity contribution is -0.132. The summed E-state index contributed by atoms with van der Waals surface area (Å²) in [6.45, 7) is 6.62. The van der Waals surface area contributed by atoms with Gasteiger partial charge in [0.05, 0.1) is 18.7 Å². The summed E-state index contributed by atoms with van der Waals surface area (Å²) < 4.78 is 5.20. The monoisotopic (exact) mass is 276 g/mol. The fourth-order valence-electron chi connectivity index (χ4n) is 2.72. The molecule has 0 saturated carbocycles. The third kappa shape index (κ3) is 2.86. The zero-order valence-corrected chi connectivity index (χ0v) is 12.7. The van der Waals surface area contributed by atoms with Crippen molar-refractivity contribution in [3.63, 3.8) is 0 Å². The first-order valence-electron chi connectivity index (χ1n) is 7.24. The van der Waals surface area contributed by atoms with Crippen LogP contribution in [0, 0.1) is 0 Å². The molecule has 1 amide bonds. The van der Waals surface area contributed by atoms with E-state index in [0.717, 1.165) is 12.0 Å². The predicted molar refractivity (Wildman–Crippen MR) is 79.3 cm³/mol. The zero-order chi connectivity index (χ0) is 14.7. The molecule has 0 bridgehead atoms. The fraction of sp³-hybridized carbons (Fsp3) is 0.562. The number of ether oxygens (including phenoxy) is 1. The Labute approximate surface area is 121 Å². The van der Waals surface area contributed by atoms with Crippen LogP contribution in [0.3, 0.4) is 0 Å². The molecule has 1 aliphatic heterocycles. The summed E-state index contributed by atoms with van der Waals surface area (Å²) in [4.78, 5) is 14.2. The third-order valence-electron chi connectivity index (χ3n) is 3.90. The van der Waals surface area contributed by atoms with Crippen molar-refractivity contribution in [3.8, 4) is 0 Å². The van der Waals surface area contributed by atoms with Gasteiger partial charge >= 0.3 is 0 Å². The minimum absolute atomic E-state index is 0.0563. The van der Waals surface area contributed by atoms with E-state index in [1.807, 2.05) is 18.7 Å². The Morgan fingerprint density at radius 1 is 1.35 bits per heavy atom. The fourth-order valence-corrected chi connectivity index (χ4v) is 2.72. The second-order valence-corrected chi connectivity index (χ2v) is 5.44. The van der Waals surface area contributed by atoms with Gasteiger partial charge in [-0.1, -0.05) is 31.2 Å². The molecule has 1 fully saturated rings. The van der Waals surface area contributed by atoms with Crippen LogP contribution in [0.25, 0.3) is 0 Å². The maximum absolute atomic E-state index is 12.3. The van der Waals surface area contributed by atoms with Gasteiger partial charge in [-0.15, -0.1) is 0 Å². The SMILES string of the molecule is CCc1ccc(C2NC(C)C(=O)N2C(C)COC)cc1. The first-order valence-corrected chi connectivity index (χ1v) is 7.24. The van der Waals surface area contributed by atoms with Crippen LogP contribution in [0.1, 0.15) is 38.1 Å². The highest BCUT2D eigenvalue weighted by Crippen LogP contribution is 2.27. The van der Waals surface area contributed by atoms with E-state index in [-0.39, 0.29) is 24.2 Å². The van der Waals surface area contributed by atoms with Gasteiger partial charge in [0.2, 0.25) is 5.91 Å². The van der Waals surface area contributed by atoms with E-state index in [4.69, 9.17) is 4.74 Å². The smallest absolute Gasteiger partial charge is 0.241 e. The molecule has 0 aromatic heterocycles. The van der Waals surface area contributed by atoms with E-state index < -0.39 is 0 Å². The molecular formula is C16H24N2O2. The maximum Gasteiger partial charge on any atom is 0.241 e. The standard InChI is InChI=1S/C16H24N2O2/c1-5-13-6-8-14(9-7-13)15-17-12(3)16(19)18(15)11(2)10-20-4/h6-9,11-12,15,17H,5,10H2,1-4H3. The molecule has 0 spiro atoms. The Morgan fingerprint density at radius 2 is 2.00 bits per heavy atom. The van der Waals surface area contributed by atoms with Crippen molar-refractivity contribution in [2.45, 2.75) is 45.4 Å². The minimum atomic E-state index is -0.148. The van der Waals surface area contributed by atoms with Gasteiger partial charge < -0.3 is 9.64 Å². The summed E-state index contributed by atoms with van der Waals surface area (Å²) in [5, 5.41) is 3.37. The molecule has 110 valence electrons. The van der Waals surface area contributed by atoms with Crippen molar-refractivity contribution < 1.29 is 9.53 Å². The largest absolute Gasteiger partial charge is 0.383 e. The molecule has 4 nitrogen and oxygen atoms in total. The lowest BCUT2D eigenvalue weighted by atomic mass is 10.1. The third-order valence-corrected chi connectivity index (χ3v) is 3.90. The lowest BCUT2D eigenvalue weighted by Crippen LogP contribution is -2.40. The molecule has 1 aromatic carbocycles. The van der Waals surface area contributed by atoms with E-state index in [1.165, 1.54) is 5.56 Å². The first kappa shape index (κ1) is 15.0. The number of nitrogens with zero attached hydrogens (tertiary/aromatic N) is 1. The normalized spacial score (nSPS) is 24.2. The number of carbonyl (C=O) groups excluding carboxylic acids is 1. The van der Waals surface area contributed by atoms with Gasteiger partial charge in [-0.2, -0.15) is 0 Å². The number of methoxy groups -OCH3 is 1. The number of benzene rings is 1. The summed E-state index contributed by atoms with van der Waals surface area (Å²) >= 11 is 0. The van der Waals surface area contributed by atoms with Gasteiger partial charge in [0, 0.05) is 7.11 Å². The van der Waals surface area contributed by atoms with E-state index in [1.54, 1.807) is 7.11 Å². The first-order chi connectivity index (χ1) is 9.58. The van der Waals surface area contributed by atoms with Gasteiger partial charge in [-0.05, 0) is 31.4 Å². The highest BCUT2D eigenvalue weighted by atomic mass is 16.5. The van der Waals surface area contributed by atoms with Crippen LogP contribution >= 0.6 is 0 Å². The van der Waals surface area contributed by atoms with Crippen molar-refractivity contribution in [2.24, 2.45) is 0 Å². The Morgan fingerprint density at radius 3 is 2.55 bits per heavy atom. The summed E-state index contributed by atoms with van der Waals surface area (Å²) in [5.74, 6) is 0.138. The van der Waals surface area contributed by atoms with Crippen molar-refractivity contribution in [1.29, 1.82) is 0 Å². The molecule has 1 heterocycles. The number of aryl methyl sites for hydroxylation is 1. The second-order valence-electron chi connectivity index (χ2n) is 5.44. The molecule has 1 N–H and O–H groups in total. The second kappa shape index (κ2) is 6.37. The molecule has 1 aromatic rings. The lowest BCUT2D eigenvalue weighted by Gasteiger charge is -2.30. The van der Waals surface area contributed by atoms with Gasteiger partial charge in [0.15, 0.2) is 0 Å². The highest BCUT2D eigenvalue weighted by molar-refractivity contribution is 5.84. The summed E-state index contributed by atoms with van der Waals surface area (Å²) in [6.07, 6.45) is 0.964. The zero-order valence-electron chi connectivity index (χ0n) is 12.7. The van der Waals surface area contributed by atoms with Gasteiger partial charge in [-0.3, -0.25) is 10.1 Å². The van der Waals surface area contributed by atoms with Crippen LogP contribution in [0.15, 0.2) is 24.3 Å². The molecule has 1 saturated heterocycles. The summed E-state index contributed by atoms with van der Waals surface area (Å²) in [5.41, 5.74) is 2.44. The highest BCUT2D eigenvalue weighted by Gasteiger charge is 2.39. The maximum atomic E-state index is 12.3. The van der Waals surface area contributed by atoms with Crippen LogP contribution in [0.2, 0.25) is 0 Å². The molecule has 0 radical (unpaired) electrons. The minimum Gasteiger partial charge on any atom is -0.383 e. The van der Waals surface area contributed by atoms with Gasteiger partial charge in [-0.25, -0.2) is 0 Å². The molecule has 2 rings (SSSR count). The van der Waals surface area contributed by atoms with Crippen LogP contribution < -0.4 is 5.32 Å². The quantitative estimate of drug-likeness (QED) is 0.895. The Hall–Kier alpha value is -1.39. The van der Waals surface area contributed by atoms with E-state index >= 15 is 0 Å². The molecule has 1 aliphatic rings. The molecular weight excluding hydrogens is 252 g/mol. The van der Waals surface area contributed by atoms with Crippen LogP contribution in [0.5, 0.6) is 0 Å². The summed E-state index contributed by atoms with van der Waals surface area (Å²) in [7, 11) is 1.67. The number of carbonyl (C=O) groups is 1. The van der Waals surface area contributed by atoms with Crippen molar-refractivity contribution in [1.82, 2.24) is 10.2 Å². The average Bonchev–Trinajstić information content (AvgIpc) is 2.75. The van der Waals surface area contributed by atoms with Crippen LogP contribution in [-0.4, -0.2) is 36.6 Å².